The molecule has 0 atom stereocenters. The molecule has 2 aromatic rings. The maximum atomic E-state index is 13.6. The van der Waals surface area contributed by atoms with Gasteiger partial charge in [-0.3, -0.25) is 0 Å². The summed E-state index contributed by atoms with van der Waals surface area (Å²) in [5.74, 6) is 0.264. The fourth-order valence-corrected chi connectivity index (χ4v) is 1.80. The van der Waals surface area contributed by atoms with Crippen molar-refractivity contribution in [2.45, 2.75) is 6.92 Å². The lowest BCUT2D eigenvalue weighted by Crippen LogP contribution is -2.01. The first-order chi connectivity index (χ1) is 8.20. The lowest BCUT2D eigenvalue weighted by Gasteiger charge is -2.05. The van der Waals surface area contributed by atoms with Crippen molar-refractivity contribution < 1.29 is 4.39 Å². The summed E-state index contributed by atoms with van der Waals surface area (Å²) in [5, 5.41) is 2.99. The Labute approximate surface area is 107 Å². The van der Waals surface area contributed by atoms with Crippen molar-refractivity contribution >= 4 is 21.9 Å². The minimum absolute atomic E-state index is 0.284. The van der Waals surface area contributed by atoms with Crippen molar-refractivity contribution in [3.8, 4) is 11.1 Å². The van der Waals surface area contributed by atoms with Crippen LogP contribution in [0.15, 0.2) is 35.1 Å². The monoisotopic (exact) mass is 295 g/mol. The number of hydrogen-bond donors (Lipinski definition) is 1. The topological polar surface area (TPSA) is 37.8 Å². The number of rotatable bonds is 3. The van der Waals surface area contributed by atoms with Crippen LogP contribution in [0.1, 0.15) is 6.92 Å². The zero-order chi connectivity index (χ0) is 12.3. The summed E-state index contributed by atoms with van der Waals surface area (Å²) in [6.07, 6.45) is 3.21. The molecule has 0 bridgehead atoms. The van der Waals surface area contributed by atoms with Crippen molar-refractivity contribution in [3.05, 3.63) is 40.9 Å². The van der Waals surface area contributed by atoms with Crippen LogP contribution in [0.5, 0.6) is 0 Å². The Bertz CT molecular complexity index is 514. The standard InChI is InChI=1S/C12H11BrFN3/c1-2-15-12-16-6-8(7-17-12)10-5-9(13)3-4-11(10)14/h3-7H,2H2,1H3,(H,15,16,17). The average Bonchev–Trinajstić information content (AvgIpc) is 2.34. The van der Waals surface area contributed by atoms with Crippen LogP contribution in [0.2, 0.25) is 0 Å². The predicted octanol–water partition coefficient (Wildman–Crippen LogP) is 3.48. The van der Waals surface area contributed by atoms with Gasteiger partial charge in [0.2, 0.25) is 5.95 Å². The number of anilines is 1. The molecule has 88 valence electrons. The molecule has 0 aliphatic carbocycles. The van der Waals surface area contributed by atoms with Gasteiger partial charge in [0.1, 0.15) is 5.82 Å². The summed E-state index contributed by atoms with van der Waals surface area (Å²) in [5.41, 5.74) is 1.15. The first-order valence-corrected chi connectivity index (χ1v) is 6.01. The molecule has 0 fully saturated rings. The fraction of sp³-hybridized carbons (Fsp3) is 0.167. The number of hydrogen-bond acceptors (Lipinski definition) is 3. The molecular weight excluding hydrogens is 285 g/mol. The summed E-state index contributed by atoms with van der Waals surface area (Å²) < 4.78 is 14.4. The Hall–Kier alpha value is -1.49. The molecule has 0 saturated carbocycles. The van der Waals surface area contributed by atoms with E-state index in [-0.39, 0.29) is 5.82 Å². The average molecular weight is 296 g/mol. The van der Waals surface area contributed by atoms with Crippen LogP contribution in [0.4, 0.5) is 10.3 Å². The highest BCUT2D eigenvalue weighted by molar-refractivity contribution is 9.10. The van der Waals surface area contributed by atoms with Crippen LogP contribution >= 0.6 is 15.9 Å². The van der Waals surface area contributed by atoms with Gasteiger partial charge in [0.15, 0.2) is 0 Å². The Morgan fingerprint density at radius 2 is 2.00 bits per heavy atom. The summed E-state index contributed by atoms with van der Waals surface area (Å²) in [4.78, 5) is 8.22. The molecule has 5 heteroatoms. The number of benzene rings is 1. The van der Waals surface area contributed by atoms with Gasteiger partial charge in [-0.15, -0.1) is 0 Å². The normalized spacial score (nSPS) is 10.3. The van der Waals surface area contributed by atoms with E-state index in [9.17, 15) is 4.39 Å². The van der Waals surface area contributed by atoms with Crippen LogP contribution in [0.3, 0.4) is 0 Å². The molecule has 0 aliphatic rings. The third-order valence-electron chi connectivity index (χ3n) is 2.23. The van der Waals surface area contributed by atoms with Gasteiger partial charge >= 0.3 is 0 Å². The van der Waals surface area contributed by atoms with Gasteiger partial charge in [0.25, 0.3) is 0 Å². The first-order valence-electron chi connectivity index (χ1n) is 5.22. The van der Waals surface area contributed by atoms with E-state index in [1.165, 1.54) is 6.07 Å². The third-order valence-corrected chi connectivity index (χ3v) is 2.72. The Morgan fingerprint density at radius 3 is 2.65 bits per heavy atom. The van der Waals surface area contributed by atoms with Crippen LogP contribution in [0.25, 0.3) is 11.1 Å². The highest BCUT2D eigenvalue weighted by Crippen LogP contribution is 2.25. The van der Waals surface area contributed by atoms with Crippen LogP contribution < -0.4 is 5.32 Å². The first kappa shape index (κ1) is 12.0. The molecule has 1 aromatic heterocycles. The van der Waals surface area contributed by atoms with Gasteiger partial charge < -0.3 is 5.32 Å². The van der Waals surface area contributed by atoms with Crippen LogP contribution in [-0.2, 0) is 0 Å². The Morgan fingerprint density at radius 1 is 1.29 bits per heavy atom. The van der Waals surface area contributed by atoms with Crippen molar-refractivity contribution in [2.24, 2.45) is 0 Å². The fourth-order valence-electron chi connectivity index (χ4n) is 1.44. The maximum Gasteiger partial charge on any atom is 0.222 e. The molecule has 3 nitrogen and oxygen atoms in total. The number of halogens is 2. The van der Waals surface area contributed by atoms with Gasteiger partial charge in [0.05, 0.1) is 0 Å². The molecule has 2 rings (SSSR count). The Balaban J connectivity index is 2.36. The van der Waals surface area contributed by atoms with E-state index in [4.69, 9.17) is 0 Å². The second kappa shape index (κ2) is 5.23. The van der Waals surface area contributed by atoms with E-state index in [0.29, 0.717) is 17.1 Å². The van der Waals surface area contributed by atoms with Gasteiger partial charge in [-0.25, -0.2) is 14.4 Å². The zero-order valence-corrected chi connectivity index (χ0v) is 10.8. The summed E-state index contributed by atoms with van der Waals surface area (Å²) in [6, 6.07) is 4.78. The second-order valence-corrected chi connectivity index (χ2v) is 4.37. The van der Waals surface area contributed by atoms with Crippen molar-refractivity contribution in [3.63, 3.8) is 0 Å². The summed E-state index contributed by atoms with van der Waals surface area (Å²) in [6.45, 7) is 2.72. The molecule has 0 unspecified atom stereocenters. The molecule has 0 saturated heterocycles. The zero-order valence-electron chi connectivity index (χ0n) is 9.24. The molecule has 1 aromatic carbocycles. The van der Waals surface area contributed by atoms with Crippen LogP contribution in [-0.4, -0.2) is 16.5 Å². The summed E-state index contributed by atoms with van der Waals surface area (Å²) in [7, 11) is 0. The Kier molecular flexibility index (Phi) is 3.68. The van der Waals surface area contributed by atoms with E-state index < -0.39 is 0 Å². The molecule has 1 heterocycles. The molecular formula is C12H11BrFN3. The minimum atomic E-state index is -0.284. The van der Waals surface area contributed by atoms with E-state index in [2.05, 4.69) is 31.2 Å². The highest BCUT2D eigenvalue weighted by Gasteiger charge is 2.06. The maximum absolute atomic E-state index is 13.6. The highest BCUT2D eigenvalue weighted by atomic mass is 79.9. The molecule has 0 aliphatic heterocycles. The second-order valence-electron chi connectivity index (χ2n) is 3.45. The molecule has 1 N–H and O–H groups in total. The molecule has 17 heavy (non-hydrogen) atoms. The minimum Gasteiger partial charge on any atom is -0.355 e. The largest absolute Gasteiger partial charge is 0.355 e. The quantitative estimate of drug-likeness (QED) is 0.942. The van der Waals surface area contributed by atoms with Gasteiger partial charge in [-0.05, 0) is 25.1 Å². The predicted molar refractivity (Wildman–Crippen MR) is 69.3 cm³/mol. The van der Waals surface area contributed by atoms with Gasteiger partial charge in [-0.1, -0.05) is 15.9 Å². The van der Waals surface area contributed by atoms with Gasteiger partial charge in [0, 0.05) is 34.5 Å². The number of nitrogens with one attached hydrogen (secondary N) is 1. The summed E-state index contributed by atoms with van der Waals surface area (Å²) >= 11 is 3.31. The van der Waals surface area contributed by atoms with Gasteiger partial charge in [-0.2, -0.15) is 0 Å². The number of nitrogens with zero attached hydrogens (tertiary/aromatic N) is 2. The van der Waals surface area contributed by atoms with Crippen molar-refractivity contribution in [1.29, 1.82) is 0 Å². The van der Waals surface area contributed by atoms with E-state index in [1.807, 2.05) is 6.92 Å². The lowest BCUT2D eigenvalue weighted by molar-refractivity contribution is 0.631. The number of aromatic nitrogens is 2. The van der Waals surface area contributed by atoms with E-state index in [0.717, 1.165) is 11.0 Å². The SMILES string of the molecule is CCNc1ncc(-c2cc(Br)ccc2F)cn1. The lowest BCUT2D eigenvalue weighted by atomic mass is 10.1. The molecule has 0 spiro atoms. The third kappa shape index (κ3) is 2.79. The van der Waals surface area contributed by atoms with Crippen molar-refractivity contribution in [2.75, 3.05) is 11.9 Å². The molecule has 0 amide bonds. The van der Waals surface area contributed by atoms with Crippen molar-refractivity contribution in [1.82, 2.24) is 9.97 Å². The van der Waals surface area contributed by atoms with E-state index >= 15 is 0 Å². The van der Waals surface area contributed by atoms with E-state index in [1.54, 1.807) is 24.5 Å². The molecule has 0 radical (unpaired) electrons. The van der Waals surface area contributed by atoms with Crippen LogP contribution in [0, 0.1) is 5.82 Å². The smallest absolute Gasteiger partial charge is 0.222 e.